The zero-order valence-corrected chi connectivity index (χ0v) is 20.6. The molecule has 32 heavy (non-hydrogen) atoms. The number of hydrogen-bond donors (Lipinski definition) is 1. The molecule has 1 aliphatic rings. The summed E-state index contributed by atoms with van der Waals surface area (Å²) in [5.41, 5.74) is 1.32. The summed E-state index contributed by atoms with van der Waals surface area (Å²) in [5, 5.41) is 3.96. The number of halogens is 2. The number of fused-ring (bicyclic) bond motifs is 1. The molecule has 1 aliphatic heterocycles. The van der Waals surface area contributed by atoms with Crippen LogP contribution in [0, 0.1) is 0 Å². The summed E-state index contributed by atoms with van der Waals surface area (Å²) >= 11 is 13.7. The van der Waals surface area contributed by atoms with Gasteiger partial charge in [-0.05, 0) is 36.8 Å². The molecule has 0 saturated heterocycles. The highest BCUT2D eigenvalue weighted by Gasteiger charge is 2.25. The van der Waals surface area contributed by atoms with E-state index in [-0.39, 0.29) is 18.2 Å². The normalized spacial score (nSPS) is 13.0. The van der Waals surface area contributed by atoms with Gasteiger partial charge < -0.3 is 14.8 Å². The van der Waals surface area contributed by atoms with Crippen LogP contribution in [0.5, 0.6) is 11.5 Å². The molecule has 2 aromatic rings. The van der Waals surface area contributed by atoms with Gasteiger partial charge in [-0.1, -0.05) is 29.3 Å². The number of nitrogens with zero attached hydrogens (tertiary/aromatic N) is 1. The number of benzene rings is 2. The number of carbonyl (C=O) groups is 1. The molecule has 0 aliphatic carbocycles. The highest BCUT2D eigenvalue weighted by atomic mass is 35.5. The van der Waals surface area contributed by atoms with Gasteiger partial charge in [-0.2, -0.15) is 11.8 Å². The van der Waals surface area contributed by atoms with E-state index in [2.05, 4.69) is 5.32 Å². The van der Waals surface area contributed by atoms with Crippen molar-refractivity contribution >= 4 is 56.6 Å². The number of anilines is 1. The number of sulfonamides is 1. The van der Waals surface area contributed by atoms with Crippen LogP contribution in [-0.4, -0.2) is 52.1 Å². The topological polar surface area (TPSA) is 84.9 Å². The first-order valence-electron chi connectivity index (χ1n) is 9.98. The van der Waals surface area contributed by atoms with E-state index in [1.165, 1.54) is 6.92 Å². The largest absolute Gasteiger partial charge is 0.486 e. The van der Waals surface area contributed by atoms with Gasteiger partial charge in [0.15, 0.2) is 11.5 Å². The molecule has 1 amide bonds. The maximum Gasteiger partial charge on any atom is 0.240 e. The van der Waals surface area contributed by atoms with Gasteiger partial charge in [-0.3, -0.25) is 9.10 Å². The van der Waals surface area contributed by atoms with Gasteiger partial charge in [0.25, 0.3) is 0 Å². The first-order chi connectivity index (χ1) is 15.3. The minimum absolute atomic E-state index is 0.133. The van der Waals surface area contributed by atoms with Crippen LogP contribution >= 0.6 is 35.0 Å². The molecular formula is C21H24Cl2N2O5S2. The SMILES string of the molecule is CCS(=O)(=O)N(CC(=O)NCCSCc1ccc(Cl)cc1Cl)c1ccc2c(c1)OCCO2. The van der Waals surface area contributed by atoms with Crippen molar-refractivity contribution < 1.29 is 22.7 Å². The summed E-state index contributed by atoms with van der Waals surface area (Å²) in [6.45, 7) is 2.44. The maximum absolute atomic E-state index is 12.6. The van der Waals surface area contributed by atoms with Crippen LogP contribution in [0.25, 0.3) is 0 Å². The third-order valence-electron chi connectivity index (χ3n) is 4.64. The number of carbonyl (C=O) groups excluding carboxylic acids is 1. The number of ether oxygens (including phenoxy) is 2. The summed E-state index contributed by atoms with van der Waals surface area (Å²) in [7, 11) is -3.67. The highest BCUT2D eigenvalue weighted by molar-refractivity contribution is 7.98. The van der Waals surface area contributed by atoms with E-state index >= 15 is 0 Å². The van der Waals surface area contributed by atoms with Crippen molar-refractivity contribution in [3.05, 3.63) is 52.0 Å². The molecule has 0 spiro atoms. The van der Waals surface area contributed by atoms with Crippen molar-refractivity contribution in [1.29, 1.82) is 0 Å². The first kappa shape index (κ1) is 24.8. The number of amides is 1. The van der Waals surface area contributed by atoms with E-state index < -0.39 is 10.0 Å². The van der Waals surface area contributed by atoms with Gasteiger partial charge in [0.1, 0.15) is 19.8 Å². The lowest BCUT2D eigenvalue weighted by atomic mass is 10.2. The number of hydrogen-bond acceptors (Lipinski definition) is 6. The summed E-state index contributed by atoms with van der Waals surface area (Å²) in [4.78, 5) is 12.5. The first-order valence-corrected chi connectivity index (χ1v) is 13.5. The zero-order valence-electron chi connectivity index (χ0n) is 17.5. The average Bonchev–Trinajstić information content (AvgIpc) is 2.78. The second kappa shape index (κ2) is 11.4. The lowest BCUT2D eigenvalue weighted by Crippen LogP contribution is -2.42. The molecule has 1 heterocycles. The molecular weight excluding hydrogens is 495 g/mol. The van der Waals surface area contributed by atoms with Gasteiger partial charge in [-0.25, -0.2) is 8.42 Å². The molecule has 0 fully saturated rings. The van der Waals surface area contributed by atoms with Gasteiger partial charge >= 0.3 is 0 Å². The Morgan fingerprint density at radius 1 is 1.12 bits per heavy atom. The van der Waals surface area contributed by atoms with Crippen LogP contribution in [0.3, 0.4) is 0 Å². The van der Waals surface area contributed by atoms with Crippen LogP contribution in [0.2, 0.25) is 10.0 Å². The predicted octanol–water partition coefficient (Wildman–Crippen LogP) is 3.97. The molecule has 0 bridgehead atoms. The molecule has 3 rings (SSSR count). The van der Waals surface area contributed by atoms with Gasteiger partial charge in [-0.15, -0.1) is 0 Å². The van der Waals surface area contributed by atoms with Crippen molar-refractivity contribution in [2.24, 2.45) is 0 Å². The van der Waals surface area contributed by atoms with Crippen molar-refractivity contribution in [3.63, 3.8) is 0 Å². The second-order valence-electron chi connectivity index (χ2n) is 6.87. The standard InChI is InChI=1S/C21H24Cl2N2O5S2/c1-2-32(27,28)25(17-5-6-19-20(12-17)30-9-8-29-19)13-21(26)24-7-10-31-14-15-3-4-16(22)11-18(15)23/h3-6,11-12H,2,7-10,13-14H2,1H3,(H,24,26). The average molecular weight is 519 g/mol. The lowest BCUT2D eigenvalue weighted by molar-refractivity contribution is -0.119. The monoisotopic (exact) mass is 518 g/mol. The molecule has 0 unspecified atom stereocenters. The number of thioether (sulfide) groups is 1. The Kier molecular flexibility index (Phi) is 8.81. The molecule has 174 valence electrons. The van der Waals surface area contributed by atoms with E-state index in [1.54, 1.807) is 42.1 Å². The quantitative estimate of drug-likeness (QED) is 0.479. The maximum atomic E-state index is 12.6. The molecule has 0 radical (unpaired) electrons. The zero-order chi connectivity index (χ0) is 23.1. The fourth-order valence-corrected chi connectivity index (χ4v) is 5.44. The Bertz CT molecular complexity index is 1070. The Balaban J connectivity index is 1.55. The summed E-state index contributed by atoms with van der Waals surface area (Å²) in [6, 6.07) is 10.2. The van der Waals surface area contributed by atoms with E-state index in [0.29, 0.717) is 58.5 Å². The lowest BCUT2D eigenvalue weighted by Gasteiger charge is -2.25. The summed E-state index contributed by atoms with van der Waals surface area (Å²) in [6.07, 6.45) is 0. The predicted molar refractivity (Wildman–Crippen MR) is 130 cm³/mol. The molecule has 7 nitrogen and oxygen atoms in total. The third kappa shape index (κ3) is 6.60. The minimum Gasteiger partial charge on any atom is -0.486 e. The van der Waals surface area contributed by atoms with Crippen molar-refractivity contribution in [2.45, 2.75) is 12.7 Å². The Labute approximate surface area is 202 Å². The molecule has 0 saturated carbocycles. The molecule has 11 heteroatoms. The second-order valence-corrected chi connectivity index (χ2v) is 11.0. The van der Waals surface area contributed by atoms with E-state index in [1.807, 2.05) is 6.07 Å². The molecule has 2 aromatic carbocycles. The smallest absolute Gasteiger partial charge is 0.240 e. The Morgan fingerprint density at radius 2 is 1.88 bits per heavy atom. The molecule has 0 aromatic heterocycles. The number of nitrogens with one attached hydrogen (secondary N) is 1. The van der Waals surface area contributed by atoms with Gasteiger partial charge in [0, 0.05) is 34.2 Å². The van der Waals surface area contributed by atoms with Crippen LogP contribution < -0.4 is 19.1 Å². The Hall–Kier alpha value is -1.81. The van der Waals surface area contributed by atoms with Crippen LogP contribution in [0.4, 0.5) is 5.69 Å². The third-order valence-corrected chi connectivity index (χ3v) is 7.98. The fraction of sp³-hybridized carbons (Fsp3) is 0.381. The van der Waals surface area contributed by atoms with E-state index in [0.717, 1.165) is 9.87 Å². The minimum atomic E-state index is -3.67. The van der Waals surface area contributed by atoms with Gasteiger partial charge in [0.05, 0.1) is 11.4 Å². The van der Waals surface area contributed by atoms with Crippen LogP contribution in [0.1, 0.15) is 12.5 Å². The van der Waals surface area contributed by atoms with Crippen LogP contribution in [-0.2, 0) is 20.6 Å². The Morgan fingerprint density at radius 3 is 2.59 bits per heavy atom. The van der Waals surface area contributed by atoms with Crippen LogP contribution in [0.15, 0.2) is 36.4 Å². The number of rotatable bonds is 10. The fourth-order valence-electron chi connectivity index (χ4n) is 2.96. The van der Waals surface area contributed by atoms with Gasteiger partial charge in [0.2, 0.25) is 15.9 Å². The molecule has 1 N–H and O–H groups in total. The van der Waals surface area contributed by atoms with Crippen molar-refractivity contribution in [1.82, 2.24) is 5.32 Å². The summed E-state index contributed by atoms with van der Waals surface area (Å²) in [5.74, 6) is 1.82. The highest BCUT2D eigenvalue weighted by Crippen LogP contribution is 2.34. The summed E-state index contributed by atoms with van der Waals surface area (Å²) < 4.78 is 37.4. The molecule has 0 atom stereocenters. The van der Waals surface area contributed by atoms with E-state index in [9.17, 15) is 13.2 Å². The van der Waals surface area contributed by atoms with E-state index in [4.69, 9.17) is 32.7 Å². The van der Waals surface area contributed by atoms with Crippen molar-refractivity contribution in [3.8, 4) is 11.5 Å². The van der Waals surface area contributed by atoms with Crippen molar-refractivity contribution in [2.75, 3.05) is 42.1 Å².